The fourth-order valence-corrected chi connectivity index (χ4v) is 3.55. The molecule has 1 aliphatic rings. The van der Waals surface area contributed by atoms with E-state index in [0.29, 0.717) is 28.6 Å². The molecule has 4 aromatic rings. The zero-order valence-electron chi connectivity index (χ0n) is 19.1. The van der Waals surface area contributed by atoms with Crippen molar-refractivity contribution < 1.29 is 26.0 Å². The molecular formula is C25H18ClN5NiO3S. The van der Waals surface area contributed by atoms with Crippen LogP contribution in [-0.2, 0) is 21.3 Å². The third kappa shape index (κ3) is 6.85. The molecule has 36 heavy (non-hydrogen) atoms. The first kappa shape index (κ1) is 27.2. The normalized spacial score (nSPS) is 11.8. The van der Waals surface area contributed by atoms with Crippen molar-refractivity contribution in [1.82, 2.24) is 24.7 Å². The van der Waals surface area contributed by atoms with Gasteiger partial charge in [-0.1, -0.05) is 29.4 Å². The second-order valence-corrected chi connectivity index (χ2v) is 8.71. The van der Waals surface area contributed by atoms with Crippen LogP contribution in [0.3, 0.4) is 0 Å². The maximum absolute atomic E-state index is 12.2. The number of rotatable bonds is 4. The Hall–Kier alpha value is -3.38. The van der Waals surface area contributed by atoms with Crippen molar-refractivity contribution >= 4 is 29.2 Å². The zero-order valence-corrected chi connectivity index (χ0v) is 21.7. The van der Waals surface area contributed by atoms with Crippen LogP contribution >= 0.6 is 22.9 Å². The molecule has 4 aromatic heterocycles. The van der Waals surface area contributed by atoms with E-state index in [1.807, 2.05) is 13.2 Å². The minimum absolute atomic E-state index is 0. The summed E-state index contributed by atoms with van der Waals surface area (Å²) in [6.45, 7) is 1.83. The number of halogens is 1. The molecule has 0 unspecified atom stereocenters. The maximum atomic E-state index is 12.2. The molecule has 8 nitrogen and oxygen atoms in total. The van der Waals surface area contributed by atoms with Crippen LogP contribution in [0.1, 0.15) is 29.0 Å². The maximum Gasteiger partial charge on any atom is 2.00 e. The molecule has 0 amide bonds. The molecule has 184 valence electrons. The largest absolute Gasteiger partial charge is 2.00 e. The second kappa shape index (κ2) is 12.5. The molecule has 11 heteroatoms. The van der Waals surface area contributed by atoms with Crippen LogP contribution in [-0.4, -0.2) is 38.1 Å². The molecule has 0 atom stereocenters. The van der Waals surface area contributed by atoms with Gasteiger partial charge in [0, 0.05) is 23.2 Å². The molecule has 0 aliphatic heterocycles. The van der Waals surface area contributed by atoms with E-state index in [0.717, 1.165) is 10.6 Å². The molecule has 1 saturated carbocycles. The Kier molecular flexibility index (Phi) is 9.48. The average molecular weight is 563 g/mol. The van der Waals surface area contributed by atoms with Crippen LogP contribution in [0, 0.1) is 30.2 Å². The van der Waals surface area contributed by atoms with Gasteiger partial charge in [-0.2, -0.15) is 0 Å². The molecule has 5 rings (SSSR count). The van der Waals surface area contributed by atoms with Crippen LogP contribution in [0.2, 0.25) is 5.15 Å². The number of hydrogen-bond donors (Lipinski definition) is 0. The van der Waals surface area contributed by atoms with E-state index in [9.17, 15) is 9.59 Å². The Bertz CT molecular complexity index is 1480. The summed E-state index contributed by atoms with van der Waals surface area (Å²) in [6, 6.07) is 6.50. The number of nitrogens with zero attached hydrogens (tertiary/aromatic N) is 5. The van der Waals surface area contributed by atoms with Gasteiger partial charge in [0.1, 0.15) is 16.7 Å². The number of carbonyl (C=O) groups excluding carboxylic acids is 1. The minimum atomic E-state index is -0.221. The van der Waals surface area contributed by atoms with Crippen LogP contribution in [0.25, 0.3) is 16.9 Å². The standard InChI is InChI=1S/C18H13ClN3O3.C7H5N2S.Ni/c1-11-3-4-22(18(24)5-11)17-7-13(12(10-23)8-21-17)14-6-16(19)20-9-15(14)25-2;1-2-6(1)3-4-7-9-8-5-10-7;/h3-9H,1-2H3;6H,1-2H2;/q2*-1;+2. The van der Waals surface area contributed by atoms with Crippen LogP contribution in [0.5, 0.6) is 5.75 Å². The number of methoxy groups -OCH3 is 1. The van der Waals surface area contributed by atoms with E-state index in [4.69, 9.17) is 16.3 Å². The first-order chi connectivity index (χ1) is 17.0. The van der Waals surface area contributed by atoms with Gasteiger partial charge in [0.2, 0.25) is 0 Å². The van der Waals surface area contributed by atoms with Gasteiger partial charge in [0.05, 0.1) is 19.6 Å². The number of aryl methyl sites for hydroxylation is 1. The van der Waals surface area contributed by atoms with Gasteiger partial charge < -0.3 is 25.9 Å². The van der Waals surface area contributed by atoms with Crippen molar-refractivity contribution in [3.63, 3.8) is 0 Å². The Morgan fingerprint density at radius 1 is 1.22 bits per heavy atom. The van der Waals surface area contributed by atoms with Crippen molar-refractivity contribution in [1.29, 1.82) is 0 Å². The van der Waals surface area contributed by atoms with Crippen molar-refractivity contribution in [2.24, 2.45) is 5.92 Å². The second-order valence-electron chi connectivity index (χ2n) is 7.55. The molecule has 1 aliphatic carbocycles. The number of pyridine rings is 3. The van der Waals surface area contributed by atoms with Gasteiger partial charge >= 0.3 is 16.5 Å². The van der Waals surface area contributed by atoms with E-state index in [2.05, 4.69) is 37.5 Å². The third-order valence-electron chi connectivity index (χ3n) is 4.95. The van der Waals surface area contributed by atoms with Crippen LogP contribution in [0.15, 0.2) is 47.7 Å². The quantitative estimate of drug-likeness (QED) is 0.161. The van der Waals surface area contributed by atoms with Gasteiger partial charge in [-0.05, 0) is 43.0 Å². The fraction of sp³-hybridized carbons (Fsp3) is 0.200. The zero-order chi connectivity index (χ0) is 24.8. The molecule has 1 fully saturated rings. The van der Waals surface area contributed by atoms with Crippen LogP contribution in [0.4, 0.5) is 0 Å². The Morgan fingerprint density at radius 2 is 2.03 bits per heavy atom. The number of aromatic nitrogens is 5. The van der Waals surface area contributed by atoms with Crippen molar-refractivity contribution in [3.05, 3.63) is 80.0 Å². The predicted octanol–water partition coefficient (Wildman–Crippen LogP) is 3.82. The summed E-state index contributed by atoms with van der Waals surface area (Å²) in [4.78, 5) is 31.7. The number of hydrogen-bond acceptors (Lipinski definition) is 8. The van der Waals surface area contributed by atoms with Crippen molar-refractivity contribution in [2.75, 3.05) is 7.11 Å². The summed E-state index contributed by atoms with van der Waals surface area (Å²) in [5, 5.41) is 8.35. The Morgan fingerprint density at radius 3 is 2.67 bits per heavy atom. The third-order valence-corrected chi connectivity index (χ3v) is 5.71. The van der Waals surface area contributed by atoms with Gasteiger partial charge in [-0.3, -0.25) is 14.5 Å². The molecule has 0 spiro atoms. The van der Waals surface area contributed by atoms with E-state index in [1.54, 1.807) is 24.4 Å². The van der Waals surface area contributed by atoms with Gasteiger partial charge in [0.25, 0.3) is 5.56 Å². The molecule has 0 N–H and O–H groups in total. The van der Waals surface area contributed by atoms with Gasteiger partial charge in [0.15, 0.2) is 0 Å². The van der Waals surface area contributed by atoms with E-state index in [-0.39, 0.29) is 32.8 Å². The Labute approximate surface area is 226 Å². The summed E-state index contributed by atoms with van der Waals surface area (Å²) < 4.78 is 6.69. The summed E-state index contributed by atoms with van der Waals surface area (Å²) >= 11 is 7.35. The summed E-state index contributed by atoms with van der Waals surface area (Å²) in [6.07, 6.45) is 8.82. The minimum Gasteiger partial charge on any atom is -0.496 e. The molecule has 0 aromatic carbocycles. The summed E-state index contributed by atoms with van der Waals surface area (Å²) in [5.41, 5.74) is 4.56. The number of ether oxygens (including phenoxy) is 1. The molecule has 4 heterocycles. The van der Waals surface area contributed by atoms with Gasteiger partial charge in [-0.15, -0.1) is 23.0 Å². The average Bonchev–Trinajstić information content (AvgIpc) is 3.55. The predicted molar refractivity (Wildman–Crippen MR) is 133 cm³/mol. The topological polar surface area (TPSA) is 99.9 Å². The monoisotopic (exact) mass is 561 g/mol. The van der Waals surface area contributed by atoms with E-state index in [1.165, 1.54) is 54.3 Å². The summed E-state index contributed by atoms with van der Waals surface area (Å²) in [5.74, 6) is 7.50. The first-order valence-corrected chi connectivity index (χ1v) is 11.7. The molecular weight excluding hydrogens is 545 g/mol. The van der Waals surface area contributed by atoms with Crippen molar-refractivity contribution in [2.45, 2.75) is 19.8 Å². The Balaban J connectivity index is 0.000000273. The van der Waals surface area contributed by atoms with Crippen LogP contribution < -0.4 is 10.3 Å². The fourth-order valence-electron chi connectivity index (χ4n) is 3.03. The van der Waals surface area contributed by atoms with Crippen molar-refractivity contribution in [3.8, 4) is 34.5 Å². The van der Waals surface area contributed by atoms with Gasteiger partial charge in [-0.25, -0.2) is 10.1 Å². The summed E-state index contributed by atoms with van der Waals surface area (Å²) in [7, 11) is 1.49. The SMILES string of the molecule is C(#CC1CC1)c1nn[c-]s1.COc1cnc(Cl)cc1-c1cc(-n2ccc(C)cc2=O)ncc1[C-]=O.[Ni+2]. The van der Waals surface area contributed by atoms with E-state index < -0.39 is 0 Å². The molecule has 0 bridgehead atoms. The molecule has 0 radical (unpaired) electrons. The van der Waals surface area contributed by atoms with E-state index >= 15 is 0 Å². The smallest absolute Gasteiger partial charge is 0.496 e. The molecule has 0 saturated heterocycles. The first-order valence-electron chi connectivity index (χ1n) is 10.5.